The van der Waals surface area contributed by atoms with Gasteiger partial charge in [0.25, 0.3) is 0 Å². The molecule has 0 spiro atoms. The maximum absolute atomic E-state index is 11.8. The summed E-state index contributed by atoms with van der Waals surface area (Å²) in [6.45, 7) is 4.73. The Morgan fingerprint density at radius 3 is 2.57 bits per heavy atom. The molecule has 0 bridgehead atoms. The van der Waals surface area contributed by atoms with E-state index in [4.69, 9.17) is 0 Å². The van der Waals surface area contributed by atoms with Gasteiger partial charge in [0, 0.05) is 6.54 Å². The van der Waals surface area contributed by atoms with Crippen LogP contribution < -0.4 is 10.6 Å². The lowest BCUT2D eigenvalue weighted by Crippen LogP contribution is -2.29. The van der Waals surface area contributed by atoms with E-state index in [0.29, 0.717) is 18.4 Å². The number of alkyl halides is 3. The topological polar surface area (TPSA) is 24.1 Å². The SMILES string of the molecule is C[C@@H]1CNC[C@H]1CNCCC(F)(F)F. The van der Waals surface area contributed by atoms with Gasteiger partial charge in [-0.05, 0) is 31.5 Å². The third-order valence-corrected chi connectivity index (χ3v) is 2.67. The summed E-state index contributed by atoms with van der Waals surface area (Å²) in [6.07, 6.45) is -4.77. The van der Waals surface area contributed by atoms with Crippen molar-refractivity contribution in [3.05, 3.63) is 0 Å². The van der Waals surface area contributed by atoms with Gasteiger partial charge in [0.2, 0.25) is 0 Å². The van der Waals surface area contributed by atoms with Gasteiger partial charge in [-0.1, -0.05) is 6.92 Å². The van der Waals surface area contributed by atoms with Crippen LogP contribution in [0.25, 0.3) is 0 Å². The molecule has 5 heteroatoms. The van der Waals surface area contributed by atoms with Gasteiger partial charge in [-0.2, -0.15) is 13.2 Å². The van der Waals surface area contributed by atoms with Crippen LogP contribution >= 0.6 is 0 Å². The van der Waals surface area contributed by atoms with Gasteiger partial charge in [0.15, 0.2) is 0 Å². The van der Waals surface area contributed by atoms with Crippen LogP contribution in [0.3, 0.4) is 0 Å². The third-order valence-electron chi connectivity index (χ3n) is 2.67. The Kier molecular flexibility index (Phi) is 4.19. The van der Waals surface area contributed by atoms with Crippen LogP contribution in [0.4, 0.5) is 13.2 Å². The minimum absolute atomic E-state index is 0.0344. The van der Waals surface area contributed by atoms with Crippen LogP contribution in [0, 0.1) is 11.8 Å². The van der Waals surface area contributed by atoms with Gasteiger partial charge < -0.3 is 10.6 Å². The summed E-state index contributed by atoms with van der Waals surface area (Å²) in [5, 5.41) is 6.07. The maximum atomic E-state index is 11.8. The van der Waals surface area contributed by atoms with E-state index < -0.39 is 12.6 Å². The highest BCUT2D eigenvalue weighted by atomic mass is 19.4. The molecule has 1 heterocycles. The number of hydrogen-bond acceptors (Lipinski definition) is 2. The van der Waals surface area contributed by atoms with Gasteiger partial charge >= 0.3 is 6.18 Å². The second-order valence-electron chi connectivity index (χ2n) is 3.96. The van der Waals surface area contributed by atoms with Crippen LogP contribution in [0.5, 0.6) is 0 Å². The summed E-state index contributed by atoms with van der Waals surface area (Å²) in [5.41, 5.74) is 0. The molecule has 0 amide bonds. The zero-order valence-electron chi connectivity index (χ0n) is 8.32. The van der Waals surface area contributed by atoms with Crippen LogP contribution in [-0.2, 0) is 0 Å². The second kappa shape index (κ2) is 4.98. The summed E-state index contributed by atoms with van der Waals surface area (Å²) in [5.74, 6) is 1.04. The number of halogens is 3. The summed E-state index contributed by atoms with van der Waals surface area (Å²) >= 11 is 0. The molecule has 0 radical (unpaired) electrons. The van der Waals surface area contributed by atoms with Crippen molar-refractivity contribution in [2.45, 2.75) is 19.5 Å². The molecular weight excluding hydrogens is 193 g/mol. The molecule has 0 aromatic heterocycles. The van der Waals surface area contributed by atoms with Crippen molar-refractivity contribution in [1.29, 1.82) is 0 Å². The van der Waals surface area contributed by atoms with E-state index in [1.54, 1.807) is 0 Å². The fraction of sp³-hybridized carbons (Fsp3) is 1.00. The first-order valence-electron chi connectivity index (χ1n) is 4.97. The van der Waals surface area contributed by atoms with Crippen LogP contribution in [0.15, 0.2) is 0 Å². The van der Waals surface area contributed by atoms with Crippen molar-refractivity contribution in [3.63, 3.8) is 0 Å². The molecule has 1 rings (SSSR count). The predicted octanol–water partition coefficient (Wildman–Crippen LogP) is 1.38. The van der Waals surface area contributed by atoms with Gasteiger partial charge in [0.1, 0.15) is 0 Å². The molecule has 0 aliphatic carbocycles. The van der Waals surface area contributed by atoms with E-state index in [1.165, 1.54) is 0 Å². The predicted molar refractivity (Wildman–Crippen MR) is 49.1 cm³/mol. The Bertz CT molecular complexity index is 170. The number of hydrogen-bond donors (Lipinski definition) is 2. The third kappa shape index (κ3) is 4.28. The normalized spacial score (nSPS) is 28.3. The highest BCUT2D eigenvalue weighted by Gasteiger charge is 2.27. The lowest BCUT2D eigenvalue weighted by molar-refractivity contribution is -0.133. The Hall–Kier alpha value is -0.290. The molecule has 1 fully saturated rings. The lowest BCUT2D eigenvalue weighted by Gasteiger charge is -2.15. The molecule has 0 unspecified atom stereocenters. The Morgan fingerprint density at radius 1 is 1.36 bits per heavy atom. The average Bonchev–Trinajstić information content (AvgIpc) is 2.44. The van der Waals surface area contributed by atoms with Crippen molar-refractivity contribution in [3.8, 4) is 0 Å². The molecule has 1 aliphatic heterocycles. The monoisotopic (exact) mass is 210 g/mol. The standard InChI is InChI=1S/C9H17F3N2/c1-7-4-14-6-8(7)5-13-3-2-9(10,11)12/h7-8,13-14H,2-6H2,1H3/t7-,8-/m1/s1. The van der Waals surface area contributed by atoms with E-state index in [1.807, 2.05) is 0 Å². The van der Waals surface area contributed by atoms with Crippen molar-refractivity contribution < 1.29 is 13.2 Å². The van der Waals surface area contributed by atoms with E-state index in [-0.39, 0.29) is 6.54 Å². The summed E-state index contributed by atoms with van der Waals surface area (Å²) < 4.78 is 35.3. The minimum Gasteiger partial charge on any atom is -0.316 e. The van der Waals surface area contributed by atoms with Crippen LogP contribution in [0.2, 0.25) is 0 Å². The van der Waals surface area contributed by atoms with Gasteiger partial charge in [0.05, 0.1) is 6.42 Å². The molecule has 0 saturated carbocycles. The van der Waals surface area contributed by atoms with Crippen molar-refractivity contribution in [2.24, 2.45) is 11.8 Å². The molecule has 0 aromatic rings. The van der Waals surface area contributed by atoms with Crippen LogP contribution in [0.1, 0.15) is 13.3 Å². The Balaban J connectivity index is 2.04. The molecule has 14 heavy (non-hydrogen) atoms. The summed E-state index contributed by atoms with van der Waals surface area (Å²) in [4.78, 5) is 0. The maximum Gasteiger partial charge on any atom is 0.390 e. The molecule has 84 valence electrons. The van der Waals surface area contributed by atoms with Gasteiger partial charge in [-0.25, -0.2) is 0 Å². The highest BCUT2D eigenvalue weighted by molar-refractivity contribution is 4.79. The van der Waals surface area contributed by atoms with Gasteiger partial charge in [-0.3, -0.25) is 0 Å². The fourth-order valence-corrected chi connectivity index (χ4v) is 1.66. The van der Waals surface area contributed by atoms with E-state index in [2.05, 4.69) is 17.6 Å². The van der Waals surface area contributed by atoms with Crippen molar-refractivity contribution in [2.75, 3.05) is 26.2 Å². The number of rotatable bonds is 4. The second-order valence-corrected chi connectivity index (χ2v) is 3.96. The van der Waals surface area contributed by atoms with Crippen LogP contribution in [-0.4, -0.2) is 32.4 Å². The fourth-order valence-electron chi connectivity index (χ4n) is 1.66. The molecular formula is C9H17F3N2. The zero-order valence-corrected chi connectivity index (χ0v) is 8.32. The first-order valence-corrected chi connectivity index (χ1v) is 4.97. The smallest absolute Gasteiger partial charge is 0.316 e. The highest BCUT2D eigenvalue weighted by Crippen LogP contribution is 2.18. The van der Waals surface area contributed by atoms with E-state index >= 15 is 0 Å². The lowest BCUT2D eigenvalue weighted by atomic mass is 9.98. The first-order chi connectivity index (χ1) is 6.49. The molecule has 2 N–H and O–H groups in total. The van der Waals surface area contributed by atoms with Gasteiger partial charge in [-0.15, -0.1) is 0 Å². The summed E-state index contributed by atoms with van der Waals surface area (Å²) in [7, 11) is 0. The van der Waals surface area contributed by atoms with Crippen molar-refractivity contribution >= 4 is 0 Å². The minimum atomic E-state index is -4.04. The van der Waals surface area contributed by atoms with E-state index in [0.717, 1.165) is 13.1 Å². The Labute approximate surface area is 82.2 Å². The Morgan fingerprint density at radius 2 is 2.07 bits per heavy atom. The zero-order chi connectivity index (χ0) is 10.6. The quantitative estimate of drug-likeness (QED) is 0.685. The average molecular weight is 210 g/mol. The summed E-state index contributed by atoms with van der Waals surface area (Å²) in [6, 6.07) is 0. The molecule has 1 aliphatic rings. The molecule has 2 atom stereocenters. The van der Waals surface area contributed by atoms with E-state index in [9.17, 15) is 13.2 Å². The largest absolute Gasteiger partial charge is 0.390 e. The first kappa shape index (κ1) is 11.8. The van der Waals surface area contributed by atoms with Crippen molar-refractivity contribution in [1.82, 2.24) is 10.6 Å². The molecule has 0 aromatic carbocycles. The molecule has 1 saturated heterocycles. The molecule has 2 nitrogen and oxygen atoms in total. The number of nitrogens with one attached hydrogen (secondary N) is 2.